The van der Waals surface area contributed by atoms with Gasteiger partial charge in [0.2, 0.25) is 0 Å². The number of hydrogen-bond acceptors (Lipinski definition) is 4. The van der Waals surface area contributed by atoms with Crippen molar-refractivity contribution in [3.63, 3.8) is 0 Å². The van der Waals surface area contributed by atoms with E-state index < -0.39 is 5.60 Å². The number of likely N-dealkylation sites (tertiary alicyclic amines) is 1. The Balaban J connectivity index is 1.53. The van der Waals surface area contributed by atoms with Gasteiger partial charge < -0.3 is 5.11 Å². The first-order valence-electron chi connectivity index (χ1n) is 8.84. The van der Waals surface area contributed by atoms with Crippen LogP contribution in [0.2, 0.25) is 0 Å². The molecule has 0 atom stereocenters. The van der Waals surface area contributed by atoms with E-state index >= 15 is 0 Å². The van der Waals surface area contributed by atoms with Gasteiger partial charge in [-0.2, -0.15) is 0 Å². The predicted molar refractivity (Wildman–Crippen MR) is 94.8 cm³/mol. The Morgan fingerprint density at radius 3 is 2.42 bits per heavy atom. The highest BCUT2D eigenvalue weighted by atomic mass is 16.3. The van der Waals surface area contributed by atoms with Gasteiger partial charge in [0.15, 0.2) is 0 Å². The van der Waals surface area contributed by atoms with E-state index in [1.807, 2.05) is 10.9 Å². The summed E-state index contributed by atoms with van der Waals surface area (Å²) in [6, 6.07) is 8.83. The summed E-state index contributed by atoms with van der Waals surface area (Å²) in [6.07, 6.45) is 4.38. The van der Waals surface area contributed by atoms with E-state index in [9.17, 15) is 5.11 Å². The second-order valence-corrected chi connectivity index (χ2v) is 7.45. The van der Waals surface area contributed by atoms with E-state index in [4.69, 9.17) is 0 Å². The number of nitrogens with zero attached hydrogens (tertiary/aromatic N) is 4. The first-order valence-corrected chi connectivity index (χ1v) is 8.84. The van der Waals surface area contributed by atoms with E-state index in [0.717, 1.165) is 44.6 Å². The molecule has 1 fully saturated rings. The lowest BCUT2D eigenvalue weighted by Crippen LogP contribution is -2.45. The van der Waals surface area contributed by atoms with Gasteiger partial charge in [-0.05, 0) is 39.2 Å². The molecule has 0 spiro atoms. The first kappa shape index (κ1) is 17.1. The molecule has 2 aromatic rings. The summed E-state index contributed by atoms with van der Waals surface area (Å²) in [5.41, 5.74) is 2.90. The van der Waals surface area contributed by atoms with Crippen molar-refractivity contribution in [3.05, 3.63) is 47.3 Å². The van der Waals surface area contributed by atoms with Gasteiger partial charge >= 0.3 is 0 Å². The summed E-state index contributed by atoms with van der Waals surface area (Å²) in [5.74, 6) is 0. The van der Waals surface area contributed by atoms with Gasteiger partial charge in [-0.1, -0.05) is 35.0 Å². The SMILES string of the molecule is Cc1ccc(CC2(O)CCN(Cc3cn(C(C)C)nn3)CC2)cc1. The van der Waals surface area contributed by atoms with Gasteiger partial charge in [0.1, 0.15) is 0 Å². The molecule has 0 amide bonds. The number of aliphatic hydroxyl groups is 1. The fraction of sp³-hybridized carbons (Fsp3) is 0.579. The largest absolute Gasteiger partial charge is 0.389 e. The van der Waals surface area contributed by atoms with Crippen molar-refractivity contribution in [2.24, 2.45) is 0 Å². The van der Waals surface area contributed by atoms with Crippen LogP contribution in [0.5, 0.6) is 0 Å². The van der Waals surface area contributed by atoms with Gasteiger partial charge in [0.05, 0.1) is 17.5 Å². The molecule has 5 nitrogen and oxygen atoms in total. The van der Waals surface area contributed by atoms with Crippen LogP contribution in [-0.2, 0) is 13.0 Å². The summed E-state index contributed by atoms with van der Waals surface area (Å²) in [5, 5.41) is 19.3. The molecular formula is C19H28N4O. The number of benzene rings is 1. The number of hydrogen-bond donors (Lipinski definition) is 1. The van der Waals surface area contributed by atoms with Gasteiger partial charge in [0.25, 0.3) is 0 Å². The zero-order valence-electron chi connectivity index (χ0n) is 14.9. The van der Waals surface area contributed by atoms with Crippen molar-refractivity contribution < 1.29 is 5.11 Å². The van der Waals surface area contributed by atoms with Crippen molar-refractivity contribution in [1.29, 1.82) is 0 Å². The van der Waals surface area contributed by atoms with Crippen LogP contribution in [0, 0.1) is 6.92 Å². The van der Waals surface area contributed by atoms with E-state index in [-0.39, 0.29) is 0 Å². The highest BCUT2D eigenvalue weighted by Crippen LogP contribution is 2.27. The molecule has 130 valence electrons. The van der Waals surface area contributed by atoms with Crippen LogP contribution in [0.25, 0.3) is 0 Å². The maximum atomic E-state index is 10.9. The van der Waals surface area contributed by atoms with Crippen molar-refractivity contribution in [3.8, 4) is 0 Å². The molecule has 1 N–H and O–H groups in total. The molecule has 0 radical (unpaired) electrons. The molecule has 1 aromatic heterocycles. The quantitative estimate of drug-likeness (QED) is 0.917. The summed E-state index contributed by atoms with van der Waals surface area (Å²) >= 11 is 0. The highest BCUT2D eigenvalue weighted by molar-refractivity contribution is 5.23. The molecule has 3 rings (SSSR count). The van der Waals surface area contributed by atoms with Gasteiger partial charge in [-0.15, -0.1) is 5.10 Å². The molecule has 24 heavy (non-hydrogen) atoms. The van der Waals surface area contributed by atoms with Gasteiger partial charge in [-0.25, -0.2) is 4.68 Å². The van der Waals surface area contributed by atoms with Crippen LogP contribution < -0.4 is 0 Å². The Hall–Kier alpha value is -1.72. The lowest BCUT2D eigenvalue weighted by molar-refractivity contribution is -0.0227. The minimum absolute atomic E-state index is 0.340. The topological polar surface area (TPSA) is 54.2 Å². The van der Waals surface area contributed by atoms with Crippen LogP contribution in [-0.4, -0.2) is 43.7 Å². The van der Waals surface area contributed by atoms with Crippen LogP contribution in [0.15, 0.2) is 30.5 Å². The Labute approximate surface area is 144 Å². The molecule has 0 saturated carbocycles. The molecule has 1 aromatic carbocycles. The second-order valence-electron chi connectivity index (χ2n) is 7.45. The molecule has 0 bridgehead atoms. The fourth-order valence-corrected chi connectivity index (χ4v) is 3.26. The standard InChI is InChI=1S/C19H28N4O/c1-15(2)23-14-18(20-21-23)13-22-10-8-19(24,9-11-22)12-17-6-4-16(3)5-7-17/h4-7,14-15,24H,8-13H2,1-3H3. The summed E-state index contributed by atoms with van der Waals surface area (Å²) in [4.78, 5) is 2.36. The molecule has 0 aliphatic carbocycles. The number of piperidine rings is 1. The second kappa shape index (κ2) is 7.03. The third-order valence-electron chi connectivity index (χ3n) is 4.91. The molecule has 1 aliphatic rings. The highest BCUT2D eigenvalue weighted by Gasteiger charge is 2.32. The average molecular weight is 328 g/mol. The van der Waals surface area contributed by atoms with Gasteiger partial charge in [0, 0.05) is 32.1 Å². The van der Waals surface area contributed by atoms with E-state index in [1.165, 1.54) is 11.1 Å². The van der Waals surface area contributed by atoms with E-state index in [0.29, 0.717) is 6.04 Å². The zero-order chi connectivity index (χ0) is 17.2. The first-order chi connectivity index (χ1) is 11.4. The van der Waals surface area contributed by atoms with E-state index in [2.05, 4.69) is 60.2 Å². The van der Waals surface area contributed by atoms with Crippen LogP contribution >= 0.6 is 0 Å². The molecule has 0 unspecified atom stereocenters. The summed E-state index contributed by atoms with van der Waals surface area (Å²) < 4.78 is 1.90. The molecular weight excluding hydrogens is 300 g/mol. The van der Waals surface area contributed by atoms with Crippen molar-refractivity contribution in [2.45, 2.75) is 58.2 Å². The fourth-order valence-electron chi connectivity index (χ4n) is 3.26. The van der Waals surface area contributed by atoms with E-state index in [1.54, 1.807) is 0 Å². The van der Waals surface area contributed by atoms with Crippen LogP contribution in [0.1, 0.15) is 49.6 Å². The normalized spacial score (nSPS) is 18.2. The summed E-state index contributed by atoms with van der Waals surface area (Å²) in [7, 11) is 0. The lowest BCUT2D eigenvalue weighted by atomic mass is 9.85. The average Bonchev–Trinajstić information content (AvgIpc) is 3.01. The van der Waals surface area contributed by atoms with Gasteiger partial charge in [-0.3, -0.25) is 4.90 Å². The van der Waals surface area contributed by atoms with Crippen molar-refractivity contribution in [2.75, 3.05) is 13.1 Å². The molecule has 5 heteroatoms. The lowest BCUT2D eigenvalue weighted by Gasteiger charge is -2.38. The van der Waals surface area contributed by atoms with Crippen molar-refractivity contribution >= 4 is 0 Å². The molecule has 1 saturated heterocycles. The Kier molecular flexibility index (Phi) is 5.01. The molecule has 1 aliphatic heterocycles. The monoisotopic (exact) mass is 328 g/mol. The smallest absolute Gasteiger partial charge is 0.0967 e. The minimum Gasteiger partial charge on any atom is -0.389 e. The number of aryl methyl sites for hydroxylation is 1. The number of aromatic nitrogens is 3. The van der Waals surface area contributed by atoms with Crippen molar-refractivity contribution in [1.82, 2.24) is 19.9 Å². The Bertz CT molecular complexity index is 654. The zero-order valence-corrected chi connectivity index (χ0v) is 14.9. The maximum Gasteiger partial charge on any atom is 0.0967 e. The van der Waals surface area contributed by atoms with Crippen LogP contribution in [0.4, 0.5) is 0 Å². The Morgan fingerprint density at radius 2 is 1.83 bits per heavy atom. The maximum absolute atomic E-state index is 10.9. The Morgan fingerprint density at radius 1 is 1.17 bits per heavy atom. The number of rotatable bonds is 5. The van der Waals surface area contributed by atoms with Crippen LogP contribution in [0.3, 0.4) is 0 Å². The minimum atomic E-state index is -0.582. The summed E-state index contributed by atoms with van der Waals surface area (Å²) in [6.45, 7) is 8.91. The predicted octanol–water partition coefficient (Wildman–Crippen LogP) is 2.74. The molecule has 2 heterocycles. The third-order valence-corrected chi connectivity index (χ3v) is 4.91. The third kappa shape index (κ3) is 4.22.